The van der Waals surface area contributed by atoms with Gasteiger partial charge in [0.15, 0.2) is 6.10 Å². The Bertz CT molecular complexity index is 1280. The van der Waals surface area contributed by atoms with Gasteiger partial charge in [-0.05, 0) is 35.9 Å². The van der Waals surface area contributed by atoms with Crippen molar-refractivity contribution in [2.24, 2.45) is 0 Å². The fraction of sp³-hybridized carbons (Fsp3) is 0.174. The number of ether oxygens (including phenoxy) is 1. The van der Waals surface area contributed by atoms with E-state index in [1.54, 1.807) is 67.0 Å². The van der Waals surface area contributed by atoms with Gasteiger partial charge >= 0.3 is 0 Å². The van der Waals surface area contributed by atoms with E-state index < -0.39 is 22.0 Å². The zero-order valence-corrected chi connectivity index (χ0v) is 18.6. The molecule has 2 heterocycles. The van der Waals surface area contributed by atoms with E-state index in [9.17, 15) is 18.0 Å². The number of nitrogens with one attached hydrogen (secondary N) is 2. The Morgan fingerprint density at radius 2 is 1.85 bits per heavy atom. The fourth-order valence-electron chi connectivity index (χ4n) is 3.44. The van der Waals surface area contributed by atoms with Crippen LogP contribution < -0.4 is 19.7 Å². The highest BCUT2D eigenvalue weighted by molar-refractivity contribution is 7.92. The highest BCUT2D eigenvalue weighted by atomic mass is 32.2. The Kier molecular flexibility index (Phi) is 6.27. The standard InChI is InChI=1S/C23H22N4O5S/c1-33(30,31)27-15-21(32-20-11-5-4-10-19(20)27)23(29)26-18-9-3-2-8-17(18)22(28)25-14-16-7-6-12-24-13-16/h2-13,21H,14-15H2,1H3,(H,25,28)(H,26,29)/t21-/m1/s1. The number of hydrogen-bond acceptors (Lipinski definition) is 6. The molecule has 2 amide bonds. The lowest BCUT2D eigenvalue weighted by Gasteiger charge is -2.33. The van der Waals surface area contributed by atoms with Crippen LogP contribution in [0, 0.1) is 0 Å². The fourth-order valence-corrected chi connectivity index (χ4v) is 4.35. The van der Waals surface area contributed by atoms with Gasteiger partial charge in [-0.25, -0.2) is 8.42 Å². The monoisotopic (exact) mass is 466 g/mol. The van der Waals surface area contributed by atoms with Gasteiger partial charge in [-0.1, -0.05) is 30.3 Å². The van der Waals surface area contributed by atoms with E-state index >= 15 is 0 Å². The Labute approximate surface area is 191 Å². The van der Waals surface area contributed by atoms with Gasteiger partial charge in [0, 0.05) is 18.9 Å². The Hall–Kier alpha value is -3.92. The molecule has 4 rings (SSSR count). The summed E-state index contributed by atoms with van der Waals surface area (Å²) in [5, 5.41) is 5.50. The molecule has 0 fully saturated rings. The minimum absolute atomic E-state index is 0.183. The van der Waals surface area contributed by atoms with Gasteiger partial charge < -0.3 is 15.4 Å². The molecular formula is C23H22N4O5S. The number of rotatable bonds is 6. The summed E-state index contributed by atoms with van der Waals surface area (Å²) in [7, 11) is -3.63. The lowest BCUT2D eigenvalue weighted by molar-refractivity contribution is -0.122. The van der Waals surface area contributed by atoms with Crippen LogP contribution in [0.5, 0.6) is 5.75 Å². The van der Waals surface area contributed by atoms with Crippen molar-refractivity contribution in [1.82, 2.24) is 10.3 Å². The maximum atomic E-state index is 13.0. The van der Waals surface area contributed by atoms with E-state index in [1.165, 1.54) is 0 Å². The quantitative estimate of drug-likeness (QED) is 0.575. The number of carbonyl (C=O) groups is 2. The molecule has 2 N–H and O–H groups in total. The van der Waals surface area contributed by atoms with Crippen LogP contribution in [-0.4, -0.2) is 44.1 Å². The molecule has 170 valence electrons. The van der Waals surface area contributed by atoms with E-state index in [0.29, 0.717) is 11.4 Å². The van der Waals surface area contributed by atoms with Gasteiger partial charge in [-0.3, -0.25) is 18.9 Å². The highest BCUT2D eigenvalue weighted by Crippen LogP contribution is 2.34. The second-order valence-electron chi connectivity index (χ2n) is 7.45. The summed E-state index contributed by atoms with van der Waals surface area (Å²) in [4.78, 5) is 29.8. The van der Waals surface area contributed by atoms with Crippen LogP contribution in [-0.2, 0) is 21.4 Å². The second-order valence-corrected chi connectivity index (χ2v) is 9.35. The molecule has 33 heavy (non-hydrogen) atoms. The topological polar surface area (TPSA) is 118 Å². The Morgan fingerprint density at radius 1 is 1.09 bits per heavy atom. The first-order chi connectivity index (χ1) is 15.8. The minimum atomic E-state index is -3.63. The lowest BCUT2D eigenvalue weighted by atomic mass is 10.1. The molecule has 1 aliphatic rings. The van der Waals surface area contributed by atoms with Gasteiger partial charge in [0.2, 0.25) is 10.0 Å². The highest BCUT2D eigenvalue weighted by Gasteiger charge is 2.35. The lowest BCUT2D eigenvalue weighted by Crippen LogP contribution is -2.48. The van der Waals surface area contributed by atoms with E-state index in [4.69, 9.17) is 4.74 Å². The molecule has 1 aliphatic heterocycles. The zero-order chi connectivity index (χ0) is 23.4. The largest absolute Gasteiger partial charge is 0.476 e. The second kappa shape index (κ2) is 9.29. The summed E-state index contributed by atoms with van der Waals surface area (Å²) in [5.41, 5.74) is 1.77. The predicted octanol–water partition coefficient (Wildman–Crippen LogP) is 2.18. The van der Waals surface area contributed by atoms with Gasteiger partial charge in [0.25, 0.3) is 11.8 Å². The summed E-state index contributed by atoms with van der Waals surface area (Å²) >= 11 is 0. The first-order valence-electron chi connectivity index (χ1n) is 10.1. The van der Waals surface area contributed by atoms with Gasteiger partial charge in [0.05, 0.1) is 29.7 Å². The van der Waals surface area contributed by atoms with Crippen LogP contribution in [0.15, 0.2) is 73.1 Å². The Balaban J connectivity index is 1.51. The first kappa shape index (κ1) is 22.3. The third-order valence-corrected chi connectivity index (χ3v) is 6.18. The smallest absolute Gasteiger partial charge is 0.267 e. The van der Waals surface area contributed by atoms with Crippen LogP contribution in [0.3, 0.4) is 0 Å². The molecule has 0 bridgehead atoms. The molecule has 0 saturated heterocycles. The SMILES string of the molecule is CS(=O)(=O)N1C[C@H](C(=O)Nc2ccccc2C(=O)NCc2cccnc2)Oc2ccccc21. The van der Waals surface area contributed by atoms with E-state index in [0.717, 1.165) is 16.1 Å². The molecule has 1 atom stereocenters. The summed E-state index contributed by atoms with van der Waals surface area (Å²) in [6.45, 7) is 0.0951. The molecular weight excluding hydrogens is 444 g/mol. The minimum Gasteiger partial charge on any atom is -0.476 e. The van der Waals surface area contributed by atoms with Gasteiger partial charge in [-0.2, -0.15) is 0 Å². The molecule has 1 aromatic heterocycles. The summed E-state index contributed by atoms with van der Waals surface area (Å²) in [6, 6.07) is 16.8. The maximum absolute atomic E-state index is 13.0. The zero-order valence-electron chi connectivity index (χ0n) is 17.8. The molecule has 0 radical (unpaired) electrons. The number of aromatic nitrogens is 1. The van der Waals surface area contributed by atoms with Crippen molar-refractivity contribution in [2.45, 2.75) is 12.6 Å². The molecule has 0 unspecified atom stereocenters. The molecule has 2 aromatic carbocycles. The van der Waals surface area contributed by atoms with Gasteiger partial charge in [0.1, 0.15) is 5.75 Å². The van der Waals surface area contributed by atoms with E-state index in [2.05, 4.69) is 15.6 Å². The van der Waals surface area contributed by atoms with Crippen molar-refractivity contribution < 1.29 is 22.7 Å². The number of nitrogens with zero attached hydrogens (tertiary/aromatic N) is 2. The number of sulfonamides is 1. The first-order valence-corrected chi connectivity index (χ1v) is 12.0. The molecule has 10 heteroatoms. The molecule has 9 nitrogen and oxygen atoms in total. The number of anilines is 2. The number of fused-ring (bicyclic) bond motifs is 1. The van der Waals surface area contributed by atoms with Gasteiger partial charge in [-0.15, -0.1) is 0 Å². The van der Waals surface area contributed by atoms with Crippen LogP contribution in [0.1, 0.15) is 15.9 Å². The van der Waals surface area contributed by atoms with Crippen LogP contribution in [0.4, 0.5) is 11.4 Å². The van der Waals surface area contributed by atoms with E-state index in [1.807, 2.05) is 6.07 Å². The van der Waals surface area contributed by atoms with Crippen LogP contribution in [0.25, 0.3) is 0 Å². The van der Waals surface area contributed by atoms with Crippen molar-refractivity contribution in [1.29, 1.82) is 0 Å². The average molecular weight is 467 g/mol. The molecule has 0 aliphatic carbocycles. The molecule has 0 saturated carbocycles. The van der Waals surface area contributed by atoms with E-state index in [-0.39, 0.29) is 30.3 Å². The number of hydrogen-bond donors (Lipinski definition) is 2. The number of amides is 2. The normalized spacial score (nSPS) is 15.2. The van der Waals surface area contributed by atoms with Crippen molar-refractivity contribution in [3.05, 3.63) is 84.2 Å². The van der Waals surface area contributed by atoms with Crippen molar-refractivity contribution in [3.8, 4) is 5.75 Å². The number of carbonyl (C=O) groups excluding carboxylic acids is 2. The summed E-state index contributed by atoms with van der Waals surface area (Å²) in [6.07, 6.45) is 3.28. The van der Waals surface area contributed by atoms with Crippen LogP contribution in [0.2, 0.25) is 0 Å². The third kappa shape index (κ3) is 5.12. The van der Waals surface area contributed by atoms with Crippen molar-refractivity contribution in [3.63, 3.8) is 0 Å². The molecule has 0 spiro atoms. The van der Waals surface area contributed by atoms with Crippen LogP contribution >= 0.6 is 0 Å². The number of benzene rings is 2. The predicted molar refractivity (Wildman–Crippen MR) is 124 cm³/mol. The number of para-hydroxylation sites is 3. The summed E-state index contributed by atoms with van der Waals surface area (Å²) < 4.78 is 31.5. The number of pyridine rings is 1. The molecule has 3 aromatic rings. The van der Waals surface area contributed by atoms with Crippen molar-refractivity contribution in [2.75, 3.05) is 22.4 Å². The Morgan fingerprint density at radius 3 is 2.61 bits per heavy atom. The maximum Gasteiger partial charge on any atom is 0.267 e. The summed E-state index contributed by atoms with van der Waals surface area (Å²) in [5.74, 6) is -0.648. The third-order valence-electron chi connectivity index (χ3n) is 5.03. The van der Waals surface area contributed by atoms with Crippen molar-refractivity contribution >= 4 is 33.2 Å². The average Bonchev–Trinajstić information content (AvgIpc) is 2.82.